The fraction of sp³-hybridized carbons (Fsp3) is 0.429. The van der Waals surface area contributed by atoms with Gasteiger partial charge in [-0.2, -0.15) is 0 Å². The molecule has 24 heavy (non-hydrogen) atoms. The van der Waals surface area contributed by atoms with Gasteiger partial charge in [-0.25, -0.2) is 13.2 Å². The number of aryl methyl sites for hydroxylation is 1. The lowest BCUT2D eigenvalue weighted by Gasteiger charge is -2.30. The summed E-state index contributed by atoms with van der Waals surface area (Å²) in [5, 5.41) is 0. The summed E-state index contributed by atoms with van der Waals surface area (Å²) in [5.74, 6) is -1.93. The third-order valence-electron chi connectivity index (χ3n) is 5.56. The van der Waals surface area contributed by atoms with E-state index in [1.807, 2.05) is 13.0 Å². The van der Waals surface area contributed by atoms with Crippen molar-refractivity contribution in [3.05, 3.63) is 46.8 Å². The average Bonchev–Trinajstić information content (AvgIpc) is 2.58. The molecule has 0 aromatic heterocycles. The fourth-order valence-electron chi connectivity index (χ4n) is 4.30. The Balaban J connectivity index is 1.81. The molecule has 0 N–H and O–H groups in total. The molecule has 0 spiro atoms. The molecule has 126 valence electrons. The topological polar surface area (TPSA) is 0 Å². The highest BCUT2D eigenvalue weighted by Gasteiger charge is 2.35. The molecule has 2 aliphatic carbocycles. The van der Waals surface area contributed by atoms with Gasteiger partial charge in [0.1, 0.15) is 5.82 Å². The van der Waals surface area contributed by atoms with Crippen LogP contribution in [0.2, 0.25) is 0 Å². The second-order valence-electron chi connectivity index (χ2n) is 7.06. The van der Waals surface area contributed by atoms with Crippen LogP contribution in [0.25, 0.3) is 22.3 Å². The standard InChI is InChI=1S/C21H21F3/c1-2-6-13-9-10-14-16-11-15(12-7-4-3-5-8-12)20(23)21(24)18(16)17(14)19(13)22/h9-12H,2-8H2,1H3. The van der Waals surface area contributed by atoms with Gasteiger partial charge in [-0.1, -0.05) is 44.7 Å². The lowest BCUT2D eigenvalue weighted by molar-refractivity contribution is 0.417. The summed E-state index contributed by atoms with van der Waals surface area (Å²) in [6.07, 6.45) is 6.54. The smallest absolute Gasteiger partial charge is 0.167 e. The molecule has 2 aliphatic rings. The highest BCUT2D eigenvalue weighted by molar-refractivity contribution is 6.03. The quantitative estimate of drug-likeness (QED) is 0.498. The summed E-state index contributed by atoms with van der Waals surface area (Å²) in [6.45, 7) is 1.98. The second kappa shape index (κ2) is 5.94. The summed E-state index contributed by atoms with van der Waals surface area (Å²) in [4.78, 5) is 0. The lowest BCUT2D eigenvalue weighted by atomic mass is 9.75. The van der Waals surface area contributed by atoms with Crippen LogP contribution in [0, 0.1) is 17.5 Å². The van der Waals surface area contributed by atoms with Crippen molar-refractivity contribution >= 4 is 0 Å². The van der Waals surface area contributed by atoms with Crippen molar-refractivity contribution in [2.24, 2.45) is 0 Å². The first-order valence-corrected chi connectivity index (χ1v) is 8.97. The van der Waals surface area contributed by atoms with Crippen LogP contribution in [0.3, 0.4) is 0 Å². The summed E-state index contributed by atoms with van der Waals surface area (Å²) in [6, 6.07) is 5.40. The monoisotopic (exact) mass is 330 g/mol. The first-order chi connectivity index (χ1) is 11.6. The highest BCUT2D eigenvalue weighted by Crippen LogP contribution is 2.53. The minimum Gasteiger partial charge on any atom is -0.206 e. The summed E-state index contributed by atoms with van der Waals surface area (Å²) >= 11 is 0. The second-order valence-corrected chi connectivity index (χ2v) is 7.06. The molecule has 0 aliphatic heterocycles. The van der Waals surface area contributed by atoms with Crippen molar-refractivity contribution in [3.8, 4) is 22.3 Å². The maximum Gasteiger partial charge on any atom is 0.167 e. The zero-order chi connectivity index (χ0) is 16.8. The van der Waals surface area contributed by atoms with Gasteiger partial charge in [-0.05, 0) is 53.5 Å². The van der Waals surface area contributed by atoms with E-state index in [0.717, 1.165) is 37.7 Å². The van der Waals surface area contributed by atoms with Crippen molar-refractivity contribution in [1.82, 2.24) is 0 Å². The van der Waals surface area contributed by atoms with Gasteiger partial charge in [0.2, 0.25) is 0 Å². The maximum atomic E-state index is 14.7. The molecule has 0 nitrogen and oxygen atoms in total. The molecule has 0 atom stereocenters. The van der Waals surface area contributed by atoms with E-state index in [2.05, 4.69) is 0 Å². The van der Waals surface area contributed by atoms with Gasteiger partial charge in [0.05, 0.1) is 0 Å². The van der Waals surface area contributed by atoms with Gasteiger partial charge >= 0.3 is 0 Å². The number of hydrogen-bond acceptors (Lipinski definition) is 0. The molecular weight excluding hydrogens is 309 g/mol. The van der Waals surface area contributed by atoms with Crippen LogP contribution < -0.4 is 0 Å². The number of benzene rings is 2. The van der Waals surface area contributed by atoms with Crippen LogP contribution in [0.1, 0.15) is 62.5 Å². The molecule has 0 heterocycles. The SMILES string of the molecule is CCCc1ccc2c(c1F)-c1c-2cc(C2CCCCC2)c(F)c1F. The molecule has 2 aromatic carbocycles. The Kier molecular flexibility index (Phi) is 3.90. The molecular formula is C21H21F3. The minimum atomic E-state index is -0.867. The Labute approximate surface area is 140 Å². The Morgan fingerprint density at radius 3 is 2.29 bits per heavy atom. The molecule has 3 heteroatoms. The third kappa shape index (κ3) is 2.21. The third-order valence-corrected chi connectivity index (χ3v) is 5.56. The molecule has 0 saturated heterocycles. The molecule has 4 rings (SSSR count). The predicted molar refractivity (Wildman–Crippen MR) is 90.6 cm³/mol. The number of hydrogen-bond donors (Lipinski definition) is 0. The molecule has 0 bridgehead atoms. The van der Waals surface area contributed by atoms with E-state index >= 15 is 0 Å². The van der Waals surface area contributed by atoms with Gasteiger partial charge in [0, 0.05) is 11.1 Å². The van der Waals surface area contributed by atoms with Crippen molar-refractivity contribution in [2.75, 3.05) is 0 Å². The van der Waals surface area contributed by atoms with Gasteiger partial charge in [-0.3, -0.25) is 0 Å². The van der Waals surface area contributed by atoms with E-state index in [4.69, 9.17) is 0 Å². The van der Waals surface area contributed by atoms with E-state index in [0.29, 0.717) is 23.1 Å². The molecule has 0 unspecified atom stereocenters. The Hall–Kier alpha value is -1.77. The molecule has 0 radical (unpaired) electrons. The molecule has 1 saturated carbocycles. The number of halogens is 3. The largest absolute Gasteiger partial charge is 0.206 e. The van der Waals surface area contributed by atoms with Gasteiger partial charge in [0.25, 0.3) is 0 Å². The van der Waals surface area contributed by atoms with Gasteiger partial charge < -0.3 is 0 Å². The van der Waals surface area contributed by atoms with Crippen LogP contribution in [0.4, 0.5) is 13.2 Å². The predicted octanol–water partition coefficient (Wildman–Crippen LogP) is 6.75. The van der Waals surface area contributed by atoms with Crippen molar-refractivity contribution < 1.29 is 13.2 Å². The van der Waals surface area contributed by atoms with Crippen molar-refractivity contribution in [1.29, 1.82) is 0 Å². The number of rotatable bonds is 3. The number of fused-ring (bicyclic) bond motifs is 4. The van der Waals surface area contributed by atoms with Gasteiger partial charge in [-0.15, -0.1) is 0 Å². The maximum absolute atomic E-state index is 14.7. The van der Waals surface area contributed by atoms with Crippen LogP contribution >= 0.6 is 0 Å². The summed E-state index contributed by atoms with van der Waals surface area (Å²) in [5.41, 5.74) is 2.86. The van der Waals surface area contributed by atoms with E-state index < -0.39 is 11.6 Å². The molecule has 1 fully saturated rings. The van der Waals surface area contributed by atoms with Crippen LogP contribution in [0.5, 0.6) is 0 Å². The van der Waals surface area contributed by atoms with E-state index in [9.17, 15) is 13.2 Å². The lowest BCUT2D eigenvalue weighted by Crippen LogP contribution is -2.14. The highest BCUT2D eigenvalue weighted by atomic mass is 19.2. The first-order valence-electron chi connectivity index (χ1n) is 8.97. The zero-order valence-electron chi connectivity index (χ0n) is 13.9. The van der Waals surface area contributed by atoms with Crippen molar-refractivity contribution in [2.45, 2.75) is 57.8 Å². The van der Waals surface area contributed by atoms with Crippen LogP contribution in [-0.2, 0) is 6.42 Å². The summed E-state index contributed by atoms with van der Waals surface area (Å²) in [7, 11) is 0. The Morgan fingerprint density at radius 1 is 0.875 bits per heavy atom. The normalized spacial score (nSPS) is 16.5. The fourth-order valence-corrected chi connectivity index (χ4v) is 4.30. The van der Waals surface area contributed by atoms with Crippen LogP contribution in [-0.4, -0.2) is 0 Å². The minimum absolute atomic E-state index is 0.0896. The van der Waals surface area contributed by atoms with Gasteiger partial charge in [0.15, 0.2) is 11.6 Å². The van der Waals surface area contributed by atoms with E-state index in [1.54, 1.807) is 12.1 Å². The Morgan fingerprint density at radius 2 is 1.58 bits per heavy atom. The zero-order valence-corrected chi connectivity index (χ0v) is 13.9. The molecule has 0 amide bonds. The average molecular weight is 330 g/mol. The first kappa shape index (κ1) is 15.7. The van der Waals surface area contributed by atoms with E-state index in [-0.39, 0.29) is 22.9 Å². The van der Waals surface area contributed by atoms with Crippen molar-refractivity contribution in [3.63, 3.8) is 0 Å². The Bertz CT molecular complexity index is 801. The van der Waals surface area contributed by atoms with E-state index in [1.165, 1.54) is 6.42 Å². The molecule has 2 aromatic rings. The summed E-state index contributed by atoms with van der Waals surface area (Å²) < 4.78 is 44.0. The van der Waals surface area contributed by atoms with Crippen LogP contribution in [0.15, 0.2) is 18.2 Å².